The van der Waals surface area contributed by atoms with Crippen LogP contribution in [0.4, 0.5) is 5.69 Å². The number of aromatic nitrogens is 2. The van der Waals surface area contributed by atoms with Gasteiger partial charge in [0.05, 0.1) is 12.8 Å². The minimum absolute atomic E-state index is 0.367. The highest BCUT2D eigenvalue weighted by Gasteiger charge is 2.10. The van der Waals surface area contributed by atoms with Crippen molar-refractivity contribution in [2.24, 2.45) is 7.05 Å². The van der Waals surface area contributed by atoms with Crippen LogP contribution in [-0.4, -0.2) is 9.78 Å². The van der Waals surface area contributed by atoms with Gasteiger partial charge < -0.3 is 0 Å². The van der Waals surface area contributed by atoms with Crippen LogP contribution in [0.15, 0.2) is 6.20 Å². The lowest BCUT2D eigenvalue weighted by atomic mass is 10.1. The summed E-state index contributed by atoms with van der Waals surface area (Å²) in [6, 6.07) is 0. The fraction of sp³-hybridized carbons (Fsp3) is 0.500. The first kappa shape index (κ1) is 7.80. The predicted octanol–water partition coefficient (Wildman–Crippen LogP) is 2.09. The lowest BCUT2D eigenvalue weighted by Crippen LogP contribution is -1.99. The Morgan fingerprint density at radius 2 is 2.27 bits per heavy atom. The zero-order valence-corrected chi connectivity index (χ0v) is 7.00. The Kier molecular flexibility index (Phi) is 1.95. The first-order valence-electron chi connectivity index (χ1n) is 3.56. The van der Waals surface area contributed by atoms with Crippen molar-refractivity contribution in [1.29, 1.82) is 0 Å². The molecule has 0 aliphatic carbocycles. The van der Waals surface area contributed by atoms with Crippen LogP contribution in [0.5, 0.6) is 0 Å². The summed E-state index contributed by atoms with van der Waals surface area (Å²) in [5.41, 5.74) is 1.68. The molecule has 3 nitrogen and oxygen atoms in total. The SMILES string of the molecule is [C-]#[N+]c1cnn(C)c1C(C)C. The molecule has 0 saturated carbocycles. The summed E-state index contributed by atoms with van der Waals surface area (Å²) in [5.74, 6) is 0.367. The van der Waals surface area contributed by atoms with Gasteiger partial charge in [0, 0.05) is 12.7 Å². The largest absolute Gasteiger partial charge is 0.284 e. The van der Waals surface area contributed by atoms with Crippen molar-refractivity contribution in [3.8, 4) is 0 Å². The molecule has 0 saturated heterocycles. The van der Waals surface area contributed by atoms with E-state index in [0.29, 0.717) is 11.6 Å². The zero-order chi connectivity index (χ0) is 8.43. The van der Waals surface area contributed by atoms with Crippen LogP contribution < -0.4 is 0 Å². The molecule has 0 radical (unpaired) electrons. The topological polar surface area (TPSA) is 22.2 Å². The molecule has 0 spiro atoms. The highest BCUT2D eigenvalue weighted by molar-refractivity contribution is 5.48. The van der Waals surface area contributed by atoms with Gasteiger partial charge in [0.25, 0.3) is 0 Å². The molecule has 1 heterocycles. The Balaban J connectivity index is 3.21. The molecule has 0 unspecified atom stereocenters. The lowest BCUT2D eigenvalue weighted by molar-refractivity contribution is 0.671. The molecule has 1 rings (SSSR count). The summed E-state index contributed by atoms with van der Waals surface area (Å²) < 4.78 is 1.76. The van der Waals surface area contributed by atoms with Crippen LogP contribution >= 0.6 is 0 Å². The van der Waals surface area contributed by atoms with Gasteiger partial charge in [-0.25, -0.2) is 4.85 Å². The molecular formula is C8H11N3. The van der Waals surface area contributed by atoms with E-state index in [4.69, 9.17) is 6.57 Å². The predicted molar refractivity (Wildman–Crippen MR) is 43.6 cm³/mol. The summed E-state index contributed by atoms with van der Waals surface area (Å²) >= 11 is 0. The Hall–Kier alpha value is -1.30. The Morgan fingerprint density at radius 1 is 1.64 bits per heavy atom. The van der Waals surface area contributed by atoms with E-state index in [1.54, 1.807) is 10.9 Å². The minimum Gasteiger partial charge on any atom is -0.284 e. The Morgan fingerprint density at radius 3 is 2.64 bits per heavy atom. The first-order chi connectivity index (χ1) is 5.16. The van der Waals surface area contributed by atoms with Gasteiger partial charge in [-0.15, -0.1) is 0 Å². The number of nitrogens with zero attached hydrogens (tertiary/aromatic N) is 3. The maximum atomic E-state index is 6.86. The fourth-order valence-electron chi connectivity index (χ4n) is 1.19. The van der Waals surface area contributed by atoms with Gasteiger partial charge in [0.2, 0.25) is 5.69 Å². The second-order valence-electron chi connectivity index (χ2n) is 2.81. The molecule has 11 heavy (non-hydrogen) atoms. The van der Waals surface area contributed by atoms with Crippen molar-refractivity contribution in [2.75, 3.05) is 0 Å². The maximum absolute atomic E-state index is 6.86. The van der Waals surface area contributed by atoms with E-state index in [1.165, 1.54) is 0 Å². The molecule has 3 heteroatoms. The van der Waals surface area contributed by atoms with E-state index in [1.807, 2.05) is 7.05 Å². The van der Waals surface area contributed by atoms with Crippen molar-refractivity contribution in [3.63, 3.8) is 0 Å². The quantitative estimate of drug-likeness (QED) is 0.560. The van der Waals surface area contributed by atoms with Crippen molar-refractivity contribution >= 4 is 5.69 Å². The van der Waals surface area contributed by atoms with Gasteiger partial charge in [-0.05, 0) is 5.92 Å². The fourth-order valence-corrected chi connectivity index (χ4v) is 1.19. The van der Waals surface area contributed by atoms with E-state index >= 15 is 0 Å². The van der Waals surface area contributed by atoms with E-state index < -0.39 is 0 Å². The van der Waals surface area contributed by atoms with E-state index in [0.717, 1.165) is 5.69 Å². The Labute approximate surface area is 66.5 Å². The average molecular weight is 149 g/mol. The molecule has 0 aromatic carbocycles. The summed E-state index contributed by atoms with van der Waals surface area (Å²) in [7, 11) is 1.87. The second kappa shape index (κ2) is 2.75. The van der Waals surface area contributed by atoms with Crippen LogP contribution in [0, 0.1) is 6.57 Å². The maximum Gasteiger partial charge on any atom is 0.227 e. The summed E-state index contributed by atoms with van der Waals surface area (Å²) in [4.78, 5) is 3.38. The summed E-state index contributed by atoms with van der Waals surface area (Å²) in [6.45, 7) is 11.0. The number of aryl methyl sites for hydroxylation is 1. The minimum atomic E-state index is 0.367. The average Bonchev–Trinajstić information content (AvgIpc) is 2.30. The third-order valence-corrected chi connectivity index (χ3v) is 1.63. The molecule has 0 aliphatic rings. The molecule has 0 amide bonds. The number of rotatable bonds is 1. The molecule has 0 fully saturated rings. The molecule has 0 atom stereocenters. The third kappa shape index (κ3) is 1.25. The molecule has 0 N–H and O–H groups in total. The van der Waals surface area contributed by atoms with Crippen LogP contribution in [0.2, 0.25) is 0 Å². The smallest absolute Gasteiger partial charge is 0.227 e. The van der Waals surface area contributed by atoms with Gasteiger partial charge in [0.1, 0.15) is 0 Å². The van der Waals surface area contributed by atoms with Gasteiger partial charge >= 0.3 is 0 Å². The molecular weight excluding hydrogens is 138 g/mol. The standard InChI is InChI=1S/C8H11N3/c1-6(2)8-7(9-3)5-10-11(8)4/h5-6H,1-2,4H3. The second-order valence-corrected chi connectivity index (χ2v) is 2.81. The molecule has 58 valence electrons. The van der Waals surface area contributed by atoms with Crippen LogP contribution in [0.25, 0.3) is 4.85 Å². The van der Waals surface area contributed by atoms with Crippen LogP contribution in [0.3, 0.4) is 0 Å². The summed E-state index contributed by atoms with van der Waals surface area (Å²) in [5, 5.41) is 4.01. The highest BCUT2D eigenvalue weighted by atomic mass is 15.3. The van der Waals surface area contributed by atoms with Crippen molar-refractivity contribution in [2.45, 2.75) is 19.8 Å². The van der Waals surface area contributed by atoms with Gasteiger partial charge in [-0.2, -0.15) is 5.10 Å². The zero-order valence-electron chi connectivity index (χ0n) is 7.00. The van der Waals surface area contributed by atoms with E-state index in [9.17, 15) is 0 Å². The van der Waals surface area contributed by atoms with Gasteiger partial charge in [-0.3, -0.25) is 4.68 Å². The lowest BCUT2D eigenvalue weighted by Gasteiger charge is -2.05. The van der Waals surface area contributed by atoms with Crippen molar-refractivity contribution in [3.05, 3.63) is 23.3 Å². The van der Waals surface area contributed by atoms with Crippen molar-refractivity contribution in [1.82, 2.24) is 9.78 Å². The van der Waals surface area contributed by atoms with Gasteiger partial charge in [-0.1, -0.05) is 13.8 Å². The van der Waals surface area contributed by atoms with Crippen LogP contribution in [0.1, 0.15) is 25.5 Å². The van der Waals surface area contributed by atoms with Crippen LogP contribution in [-0.2, 0) is 7.05 Å². The molecule has 0 bridgehead atoms. The molecule has 0 aliphatic heterocycles. The van der Waals surface area contributed by atoms with Gasteiger partial charge in [0.15, 0.2) is 0 Å². The number of hydrogen-bond acceptors (Lipinski definition) is 1. The van der Waals surface area contributed by atoms with E-state index in [2.05, 4.69) is 23.8 Å². The third-order valence-electron chi connectivity index (χ3n) is 1.63. The van der Waals surface area contributed by atoms with Crippen molar-refractivity contribution < 1.29 is 0 Å². The molecule has 1 aromatic heterocycles. The summed E-state index contributed by atoms with van der Waals surface area (Å²) in [6.07, 6.45) is 1.61. The van der Waals surface area contributed by atoms with E-state index in [-0.39, 0.29) is 0 Å². The monoisotopic (exact) mass is 149 g/mol. The first-order valence-corrected chi connectivity index (χ1v) is 3.56. The highest BCUT2D eigenvalue weighted by Crippen LogP contribution is 2.25. The number of hydrogen-bond donors (Lipinski definition) is 0. The Bertz CT molecular complexity index is 291. The molecule has 1 aromatic rings. The normalized spacial score (nSPS) is 10.1.